The third kappa shape index (κ3) is 11.8. The Morgan fingerprint density at radius 3 is 1.48 bits per heavy atom. The van der Waals surface area contributed by atoms with Gasteiger partial charge in [0, 0.05) is 18.7 Å². The van der Waals surface area contributed by atoms with Gasteiger partial charge in [-0.3, -0.25) is 0 Å². The summed E-state index contributed by atoms with van der Waals surface area (Å²) < 4.78 is 49.4. The van der Waals surface area contributed by atoms with E-state index in [2.05, 4.69) is 115 Å². The first kappa shape index (κ1) is 48.3. The highest BCUT2D eigenvalue weighted by Crippen LogP contribution is 2.55. The molecule has 0 saturated heterocycles. The molecule has 2 fully saturated rings. The van der Waals surface area contributed by atoms with Gasteiger partial charge in [-0.05, 0) is 124 Å². The monoisotopic (exact) mass is 817 g/mol. The van der Waals surface area contributed by atoms with Gasteiger partial charge in [0.2, 0.25) is 20.0 Å². The molecule has 0 radical (unpaired) electrons. The maximum absolute atomic E-state index is 11.1. The lowest BCUT2D eigenvalue weighted by Gasteiger charge is -2.42. The number of aliphatic hydroxyl groups is 2. The Bertz CT molecular complexity index is 1890. The van der Waals surface area contributed by atoms with E-state index in [4.69, 9.17) is 5.11 Å². The van der Waals surface area contributed by atoms with Crippen LogP contribution >= 0.6 is 0 Å². The van der Waals surface area contributed by atoms with Crippen molar-refractivity contribution in [1.82, 2.24) is 9.44 Å². The number of hydrogen-bond donors (Lipinski definition) is 4. The fourth-order valence-corrected chi connectivity index (χ4v) is 10.7. The molecule has 56 heavy (non-hydrogen) atoms. The average Bonchev–Trinajstić information content (AvgIpc) is 3.77. The SMILES string of the molecule is C.C/C(=C/CO)c1ccc2c(c1)C(C)(C)CCC2(C)C.CC1(C)CCC(C)(C)c2cc([C@@]3(C)C[C@H]3CO)ccc21.CS(=O)(=O)N[C@H]1CCCC[C@@H]1NS(C)(=O)=O. The van der Waals surface area contributed by atoms with Crippen LogP contribution in [0.15, 0.2) is 42.5 Å². The molecule has 0 heterocycles. The quantitative estimate of drug-likeness (QED) is 0.211. The molecule has 4 N–H and O–H groups in total. The predicted octanol–water partition coefficient (Wildman–Crippen LogP) is 8.77. The minimum Gasteiger partial charge on any atom is -0.396 e. The molecule has 0 aliphatic heterocycles. The standard InChI is InChI=1S/C19H28O.C18H26O.C8H18N2O4S2.CH4/c1-17(2)8-9-18(3,4)16-10-13(6-7-15(16)17)19(5)11-14(19)12-20;1-13(8-11-19)14-6-7-15-16(12-14)18(4,5)10-9-17(15,2)3;1-15(11,12)9-7-5-3-4-6-8(7)10-16(2,13)14;/h6-7,10,14,20H,8-9,11-12H2,1-5H3;6-8,12,19H,9-11H2,1-5H3;7-10H,3-6H2,1-2H3;1H4/b;13-8-;;/t14-,19+;;7-,8-;/m0.0./s1. The number of benzene rings is 2. The van der Waals surface area contributed by atoms with E-state index in [1.54, 1.807) is 0 Å². The number of hydrogen-bond acceptors (Lipinski definition) is 6. The van der Waals surface area contributed by atoms with E-state index >= 15 is 0 Å². The molecule has 6 rings (SSSR count). The van der Waals surface area contributed by atoms with Crippen LogP contribution < -0.4 is 9.44 Å². The number of fused-ring (bicyclic) bond motifs is 2. The molecule has 0 unspecified atom stereocenters. The van der Waals surface area contributed by atoms with Crippen LogP contribution in [0.1, 0.15) is 168 Å². The van der Waals surface area contributed by atoms with Crippen LogP contribution in [0.4, 0.5) is 0 Å². The first-order chi connectivity index (χ1) is 25.2. The van der Waals surface area contributed by atoms with E-state index in [0.717, 1.165) is 37.3 Å². The minimum atomic E-state index is -3.30. The van der Waals surface area contributed by atoms with E-state index in [-0.39, 0.29) is 47.8 Å². The summed E-state index contributed by atoms with van der Waals surface area (Å²) >= 11 is 0. The van der Waals surface area contributed by atoms with Gasteiger partial charge in [0.05, 0.1) is 19.1 Å². The summed E-state index contributed by atoms with van der Waals surface area (Å²) in [6, 6.07) is 13.3. The Balaban J connectivity index is 0.000000225. The van der Waals surface area contributed by atoms with Crippen molar-refractivity contribution in [3.63, 3.8) is 0 Å². The van der Waals surface area contributed by atoms with Crippen molar-refractivity contribution in [2.45, 2.75) is 174 Å². The second-order valence-electron chi connectivity index (χ2n) is 19.9. The van der Waals surface area contributed by atoms with Crippen LogP contribution in [0.2, 0.25) is 0 Å². The summed E-state index contributed by atoms with van der Waals surface area (Å²) in [7, 11) is -6.59. The van der Waals surface area contributed by atoms with Crippen LogP contribution in [-0.4, -0.2) is 64.9 Å². The summed E-state index contributed by atoms with van der Waals surface area (Å²) in [4.78, 5) is 0. The normalized spacial score (nSPS) is 27.1. The molecule has 0 spiro atoms. The van der Waals surface area contributed by atoms with Crippen LogP contribution in [0, 0.1) is 5.92 Å². The lowest BCUT2D eigenvalue weighted by molar-refractivity contribution is 0.265. The Kier molecular flexibility index (Phi) is 15.2. The minimum absolute atomic E-state index is 0. The number of allylic oxidation sites excluding steroid dienone is 1. The molecular formula is C46H76N2O6S2. The van der Waals surface area contributed by atoms with Crippen molar-refractivity contribution in [2.24, 2.45) is 5.92 Å². The lowest BCUT2D eigenvalue weighted by atomic mass is 9.62. The van der Waals surface area contributed by atoms with E-state index in [0.29, 0.717) is 30.8 Å². The smallest absolute Gasteiger partial charge is 0.209 e. The van der Waals surface area contributed by atoms with Crippen molar-refractivity contribution in [1.29, 1.82) is 0 Å². The maximum Gasteiger partial charge on any atom is 0.209 e. The largest absolute Gasteiger partial charge is 0.396 e. The number of nitrogens with one attached hydrogen (secondary N) is 2. The topological polar surface area (TPSA) is 133 Å². The summed E-state index contributed by atoms with van der Waals surface area (Å²) in [6.45, 7) is 23.7. The molecule has 4 aliphatic rings. The van der Waals surface area contributed by atoms with Crippen molar-refractivity contribution >= 4 is 25.6 Å². The molecule has 4 atom stereocenters. The van der Waals surface area contributed by atoms with Gasteiger partial charge in [-0.25, -0.2) is 26.3 Å². The predicted molar refractivity (Wildman–Crippen MR) is 235 cm³/mol. The molecule has 2 aromatic rings. The molecule has 318 valence electrons. The Morgan fingerprint density at radius 2 is 1.09 bits per heavy atom. The van der Waals surface area contributed by atoms with Gasteiger partial charge in [0.25, 0.3) is 0 Å². The Labute approximate surface area is 341 Å². The van der Waals surface area contributed by atoms with Gasteiger partial charge in [-0.2, -0.15) is 0 Å². The average molecular weight is 817 g/mol. The first-order valence-electron chi connectivity index (χ1n) is 20.3. The fourth-order valence-electron chi connectivity index (χ4n) is 9.07. The van der Waals surface area contributed by atoms with Crippen LogP contribution in [-0.2, 0) is 47.1 Å². The highest BCUT2D eigenvalue weighted by Gasteiger charge is 2.51. The Hall–Kier alpha value is -2.08. The van der Waals surface area contributed by atoms with Gasteiger partial charge in [-0.1, -0.05) is 125 Å². The number of aliphatic hydroxyl groups excluding tert-OH is 2. The summed E-state index contributed by atoms with van der Waals surface area (Å²) in [5.41, 5.74) is 11.2. The van der Waals surface area contributed by atoms with E-state index in [1.165, 1.54) is 59.1 Å². The molecule has 8 nitrogen and oxygen atoms in total. The zero-order valence-corrected chi connectivity index (χ0v) is 37.5. The molecule has 0 amide bonds. The highest BCUT2D eigenvalue weighted by molar-refractivity contribution is 7.89. The number of sulfonamides is 2. The van der Waals surface area contributed by atoms with Gasteiger partial charge in [-0.15, -0.1) is 0 Å². The second-order valence-corrected chi connectivity index (χ2v) is 23.5. The van der Waals surface area contributed by atoms with Crippen molar-refractivity contribution < 1.29 is 27.0 Å². The van der Waals surface area contributed by atoms with Gasteiger partial charge < -0.3 is 10.2 Å². The van der Waals surface area contributed by atoms with Gasteiger partial charge >= 0.3 is 0 Å². The van der Waals surface area contributed by atoms with E-state index in [9.17, 15) is 21.9 Å². The number of rotatable bonds is 8. The third-order valence-corrected chi connectivity index (χ3v) is 14.8. The molecule has 0 bridgehead atoms. The third-order valence-electron chi connectivity index (χ3n) is 13.3. The fraction of sp³-hybridized carbons (Fsp3) is 0.696. The van der Waals surface area contributed by atoms with Crippen LogP contribution in [0.25, 0.3) is 5.57 Å². The highest BCUT2D eigenvalue weighted by atomic mass is 32.2. The van der Waals surface area contributed by atoms with Crippen molar-refractivity contribution in [3.8, 4) is 0 Å². The van der Waals surface area contributed by atoms with Crippen molar-refractivity contribution in [3.05, 3.63) is 75.9 Å². The molecule has 2 saturated carbocycles. The molecular weight excluding hydrogens is 741 g/mol. The Morgan fingerprint density at radius 1 is 0.679 bits per heavy atom. The van der Waals surface area contributed by atoms with Crippen LogP contribution in [0.5, 0.6) is 0 Å². The lowest BCUT2D eigenvalue weighted by Crippen LogP contribution is -2.52. The molecule has 2 aromatic carbocycles. The zero-order chi connectivity index (χ0) is 41.4. The summed E-state index contributed by atoms with van der Waals surface area (Å²) in [6.07, 6.45) is 13.3. The first-order valence-corrected chi connectivity index (χ1v) is 24.1. The van der Waals surface area contributed by atoms with Gasteiger partial charge in [0.1, 0.15) is 0 Å². The van der Waals surface area contributed by atoms with E-state index < -0.39 is 20.0 Å². The molecule has 10 heteroatoms. The molecule has 0 aromatic heterocycles. The van der Waals surface area contributed by atoms with Crippen LogP contribution in [0.3, 0.4) is 0 Å². The summed E-state index contributed by atoms with van der Waals surface area (Å²) in [5.74, 6) is 0.459. The second kappa shape index (κ2) is 17.6. The maximum atomic E-state index is 11.1. The van der Waals surface area contributed by atoms with Gasteiger partial charge in [0.15, 0.2) is 0 Å². The van der Waals surface area contributed by atoms with Crippen molar-refractivity contribution in [2.75, 3.05) is 25.7 Å². The summed E-state index contributed by atoms with van der Waals surface area (Å²) in [5, 5.41) is 18.5. The molecule has 4 aliphatic carbocycles. The van der Waals surface area contributed by atoms with E-state index in [1.807, 2.05) is 6.08 Å². The zero-order valence-electron chi connectivity index (χ0n) is 35.9.